The summed E-state index contributed by atoms with van der Waals surface area (Å²) < 4.78 is 11.6. The molecule has 4 amide bonds. The summed E-state index contributed by atoms with van der Waals surface area (Å²) >= 11 is 10.2. The minimum absolute atomic E-state index is 0.129. The van der Waals surface area contributed by atoms with Crippen molar-refractivity contribution in [1.82, 2.24) is 4.90 Å². The first-order valence-electron chi connectivity index (χ1n) is 11.4. The number of nitrogens with zero attached hydrogens (tertiary/aromatic N) is 1. The van der Waals surface area contributed by atoms with E-state index in [0.717, 1.165) is 4.90 Å². The van der Waals surface area contributed by atoms with Crippen LogP contribution in [-0.4, -0.2) is 48.1 Å². The summed E-state index contributed by atoms with van der Waals surface area (Å²) in [6.07, 6.45) is 1.51. The molecule has 0 bridgehead atoms. The summed E-state index contributed by atoms with van der Waals surface area (Å²) in [5, 5.41) is 5.08. The number of methoxy groups -OCH3 is 1. The molecule has 3 aromatic rings. The summed E-state index contributed by atoms with van der Waals surface area (Å²) in [5.74, 6) is -0.907. The fourth-order valence-electron chi connectivity index (χ4n) is 3.47. The number of imide groups is 1. The first-order chi connectivity index (χ1) is 18.7. The number of anilines is 2. The molecule has 1 heterocycles. The first-order valence-corrected chi connectivity index (χ1v) is 13.4. The number of ether oxygens (including phenoxy) is 2. The van der Waals surface area contributed by atoms with E-state index >= 15 is 0 Å². The Labute approximate surface area is 241 Å². The molecule has 39 heavy (non-hydrogen) atoms. The zero-order valence-corrected chi connectivity index (χ0v) is 23.6. The van der Waals surface area contributed by atoms with Crippen molar-refractivity contribution in [1.29, 1.82) is 0 Å². The van der Waals surface area contributed by atoms with Gasteiger partial charge >= 0.3 is 0 Å². The molecular weight excluding hydrogens is 610 g/mol. The molecule has 0 atom stereocenters. The highest BCUT2D eigenvalue weighted by Crippen LogP contribution is 2.38. The van der Waals surface area contributed by atoms with E-state index in [-0.39, 0.29) is 17.4 Å². The Morgan fingerprint density at radius 2 is 1.72 bits per heavy atom. The molecule has 1 saturated heterocycles. The Morgan fingerprint density at radius 3 is 2.44 bits per heavy atom. The van der Waals surface area contributed by atoms with Crippen LogP contribution in [0.4, 0.5) is 16.2 Å². The van der Waals surface area contributed by atoms with Crippen molar-refractivity contribution in [3.05, 3.63) is 86.7 Å². The van der Waals surface area contributed by atoms with Crippen molar-refractivity contribution < 1.29 is 28.7 Å². The highest BCUT2D eigenvalue weighted by molar-refractivity contribution is 9.10. The number of para-hydroxylation sites is 2. The standard InChI is InChI=1S/C27H21BrClN3O6S/c1-37-21-11-16(18(28)13-22(21)38-15-25(34)30-17-7-3-2-4-8-17)12-23-26(35)32(27(36)39-23)14-24(33)31-20-10-6-5-9-19(20)29/h2-13H,14-15H2,1H3,(H,30,34)(H,31,33)/b23-12+. The lowest BCUT2D eigenvalue weighted by atomic mass is 10.2. The number of nitrogens with one attached hydrogen (secondary N) is 2. The molecule has 200 valence electrons. The molecule has 0 saturated carbocycles. The van der Waals surface area contributed by atoms with Crippen molar-refractivity contribution in [2.24, 2.45) is 0 Å². The molecule has 0 radical (unpaired) electrons. The minimum Gasteiger partial charge on any atom is -0.493 e. The minimum atomic E-state index is -0.608. The van der Waals surface area contributed by atoms with Gasteiger partial charge in [0.15, 0.2) is 18.1 Å². The molecule has 12 heteroatoms. The van der Waals surface area contributed by atoms with E-state index in [1.807, 2.05) is 6.07 Å². The van der Waals surface area contributed by atoms with Crippen LogP contribution in [-0.2, 0) is 14.4 Å². The quantitative estimate of drug-likeness (QED) is 0.287. The molecule has 1 fully saturated rings. The maximum absolute atomic E-state index is 12.9. The zero-order chi connectivity index (χ0) is 27.9. The SMILES string of the molecule is COc1cc(/C=C2/SC(=O)N(CC(=O)Nc3ccccc3Cl)C2=O)c(Br)cc1OCC(=O)Nc1ccccc1. The molecule has 0 unspecified atom stereocenters. The van der Waals surface area contributed by atoms with Gasteiger partial charge < -0.3 is 20.1 Å². The van der Waals surface area contributed by atoms with Gasteiger partial charge in [-0.15, -0.1) is 0 Å². The Hall–Kier alpha value is -3.80. The number of hydrogen-bond donors (Lipinski definition) is 2. The van der Waals surface area contributed by atoms with E-state index in [2.05, 4.69) is 26.6 Å². The molecule has 2 N–H and O–H groups in total. The van der Waals surface area contributed by atoms with Gasteiger partial charge in [-0.1, -0.05) is 57.9 Å². The molecule has 1 aliphatic rings. The summed E-state index contributed by atoms with van der Waals surface area (Å²) in [5.41, 5.74) is 1.55. The van der Waals surface area contributed by atoms with Crippen LogP contribution in [0.5, 0.6) is 11.5 Å². The molecule has 3 aromatic carbocycles. The van der Waals surface area contributed by atoms with Crippen molar-refractivity contribution in [2.45, 2.75) is 0 Å². The molecular formula is C27H21BrClN3O6S. The molecule has 9 nitrogen and oxygen atoms in total. The molecule has 0 aromatic heterocycles. The lowest BCUT2D eigenvalue weighted by Gasteiger charge is -2.14. The monoisotopic (exact) mass is 629 g/mol. The van der Waals surface area contributed by atoms with Crippen LogP contribution < -0.4 is 20.1 Å². The highest BCUT2D eigenvalue weighted by Gasteiger charge is 2.36. The van der Waals surface area contributed by atoms with Gasteiger partial charge in [-0.3, -0.25) is 24.1 Å². The lowest BCUT2D eigenvalue weighted by Crippen LogP contribution is -2.36. The molecule has 1 aliphatic heterocycles. The second-order valence-corrected chi connectivity index (χ2v) is 10.3. The van der Waals surface area contributed by atoms with E-state index in [1.165, 1.54) is 13.2 Å². The van der Waals surface area contributed by atoms with E-state index in [4.69, 9.17) is 21.1 Å². The topological polar surface area (TPSA) is 114 Å². The van der Waals surface area contributed by atoms with Crippen molar-refractivity contribution >= 4 is 79.7 Å². The smallest absolute Gasteiger partial charge is 0.294 e. The van der Waals surface area contributed by atoms with Gasteiger partial charge in [-0.2, -0.15) is 0 Å². The third-order valence-electron chi connectivity index (χ3n) is 5.31. The van der Waals surface area contributed by atoms with Gasteiger partial charge in [0.05, 0.1) is 22.7 Å². The van der Waals surface area contributed by atoms with Crippen LogP contribution in [0.1, 0.15) is 5.56 Å². The maximum atomic E-state index is 12.9. The Bertz CT molecular complexity index is 1470. The van der Waals surface area contributed by atoms with Gasteiger partial charge in [-0.25, -0.2) is 0 Å². The number of rotatable bonds is 9. The number of hydrogen-bond acceptors (Lipinski definition) is 7. The number of halogens is 2. The second kappa shape index (κ2) is 12.8. The van der Waals surface area contributed by atoms with Crippen LogP contribution >= 0.6 is 39.3 Å². The van der Waals surface area contributed by atoms with Crippen molar-refractivity contribution in [3.8, 4) is 11.5 Å². The Morgan fingerprint density at radius 1 is 1.00 bits per heavy atom. The van der Waals surface area contributed by atoms with Gasteiger partial charge in [0.2, 0.25) is 5.91 Å². The van der Waals surface area contributed by atoms with Gasteiger partial charge in [0, 0.05) is 10.2 Å². The average molecular weight is 631 g/mol. The normalized spacial score (nSPS) is 13.9. The lowest BCUT2D eigenvalue weighted by molar-refractivity contribution is -0.127. The Balaban J connectivity index is 1.43. The fraction of sp³-hybridized carbons (Fsp3) is 0.111. The zero-order valence-electron chi connectivity index (χ0n) is 20.4. The van der Waals surface area contributed by atoms with Gasteiger partial charge in [0.1, 0.15) is 6.54 Å². The number of carbonyl (C=O) groups excluding carboxylic acids is 4. The van der Waals surface area contributed by atoms with E-state index in [0.29, 0.717) is 49.7 Å². The summed E-state index contributed by atoms with van der Waals surface area (Å²) in [6, 6.07) is 18.8. The summed E-state index contributed by atoms with van der Waals surface area (Å²) in [7, 11) is 1.44. The predicted octanol–water partition coefficient (Wildman–Crippen LogP) is 5.80. The van der Waals surface area contributed by atoms with Crippen LogP contribution in [0, 0.1) is 0 Å². The molecule has 0 aliphatic carbocycles. The van der Waals surface area contributed by atoms with Crippen LogP contribution in [0.2, 0.25) is 5.02 Å². The van der Waals surface area contributed by atoms with Crippen LogP contribution in [0.15, 0.2) is 76.1 Å². The van der Waals surface area contributed by atoms with Crippen molar-refractivity contribution in [3.63, 3.8) is 0 Å². The van der Waals surface area contributed by atoms with Gasteiger partial charge in [0.25, 0.3) is 17.1 Å². The van der Waals surface area contributed by atoms with Gasteiger partial charge in [-0.05, 0) is 59.8 Å². The average Bonchev–Trinajstić information content (AvgIpc) is 3.17. The van der Waals surface area contributed by atoms with E-state index in [1.54, 1.807) is 60.7 Å². The third-order valence-corrected chi connectivity index (χ3v) is 7.23. The number of benzene rings is 3. The van der Waals surface area contributed by atoms with E-state index < -0.39 is 23.6 Å². The highest BCUT2D eigenvalue weighted by atomic mass is 79.9. The third kappa shape index (κ3) is 7.20. The Kier molecular flexibility index (Phi) is 9.28. The number of thioether (sulfide) groups is 1. The van der Waals surface area contributed by atoms with Crippen LogP contribution in [0.25, 0.3) is 6.08 Å². The predicted molar refractivity (Wildman–Crippen MR) is 154 cm³/mol. The van der Waals surface area contributed by atoms with Crippen LogP contribution in [0.3, 0.4) is 0 Å². The molecule has 4 rings (SSSR count). The fourth-order valence-corrected chi connectivity index (χ4v) is 4.92. The number of carbonyl (C=O) groups is 4. The second-order valence-electron chi connectivity index (χ2n) is 8.02. The summed E-state index contributed by atoms with van der Waals surface area (Å²) in [4.78, 5) is 51.1. The summed E-state index contributed by atoms with van der Waals surface area (Å²) in [6.45, 7) is -0.721. The molecule has 0 spiro atoms. The maximum Gasteiger partial charge on any atom is 0.294 e. The van der Waals surface area contributed by atoms with E-state index in [9.17, 15) is 19.2 Å². The largest absolute Gasteiger partial charge is 0.493 e. The first kappa shape index (κ1) is 28.2. The van der Waals surface area contributed by atoms with Crippen molar-refractivity contribution in [2.75, 3.05) is 30.9 Å². The number of amides is 4.